The molecule has 3 heteroatoms. The van der Waals surface area contributed by atoms with Crippen molar-refractivity contribution in [2.45, 2.75) is 19.3 Å². The summed E-state index contributed by atoms with van der Waals surface area (Å²) in [4.78, 5) is 11.2. The van der Waals surface area contributed by atoms with Crippen LogP contribution in [-0.2, 0) is 11.2 Å². The molecule has 0 saturated heterocycles. The maximum atomic E-state index is 11.2. The molecular formula is C10H13NO2. The van der Waals surface area contributed by atoms with E-state index in [1.165, 1.54) is 0 Å². The molecule has 1 N–H and O–H groups in total. The van der Waals surface area contributed by atoms with Crippen molar-refractivity contribution in [3.63, 3.8) is 0 Å². The smallest absolute Gasteiger partial charge is 0.223 e. The zero-order valence-electron chi connectivity index (χ0n) is 7.45. The molecule has 0 unspecified atom stereocenters. The lowest BCUT2D eigenvalue weighted by Crippen LogP contribution is -2.26. The molecule has 13 heavy (non-hydrogen) atoms. The van der Waals surface area contributed by atoms with Crippen LogP contribution in [0.25, 0.3) is 0 Å². The van der Waals surface area contributed by atoms with Gasteiger partial charge in [0.15, 0.2) is 0 Å². The predicted octanol–water partition coefficient (Wildman–Crippen LogP) is 1.35. The highest BCUT2D eigenvalue weighted by Gasteiger charge is 2.28. The average Bonchev–Trinajstić information content (AvgIpc) is 2.86. The molecule has 1 aromatic rings. The summed E-state index contributed by atoms with van der Waals surface area (Å²) >= 11 is 0. The van der Waals surface area contributed by atoms with Gasteiger partial charge >= 0.3 is 0 Å². The van der Waals surface area contributed by atoms with Crippen LogP contribution in [0.3, 0.4) is 0 Å². The van der Waals surface area contributed by atoms with Crippen molar-refractivity contribution >= 4 is 5.91 Å². The summed E-state index contributed by atoms with van der Waals surface area (Å²) in [5.74, 6) is 0.521. The van der Waals surface area contributed by atoms with Gasteiger partial charge in [-0.25, -0.2) is 0 Å². The molecule has 0 atom stereocenters. The molecule has 1 amide bonds. The molecule has 1 saturated carbocycles. The summed E-state index contributed by atoms with van der Waals surface area (Å²) in [6.07, 6.45) is 6.35. The highest BCUT2D eigenvalue weighted by Crippen LogP contribution is 2.28. The first kappa shape index (κ1) is 8.35. The fraction of sp³-hybridized carbons (Fsp3) is 0.500. The molecule has 0 aliphatic heterocycles. The molecule has 1 fully saturated rings. The van der Waals surface area contributed by atoms with E-state index in [0.29, 0.717) is 5.92 Å². The second-order valence-corrected chi connectivity index (χ2v) is 3.45. The molecule has 0 aromatic carbocycles. The highest BCUT2D eigenvalue weighted by atomic mass is 16.3. The summed E-state index contributed by atoms with van der Waals surface area (Å²) < 4.78 is 4.92. The normalized spacial score (nSPS) is 15.7. The molecule has 1 aliphatic rings. The third kappa shape index (κ3) is 2.34. The van der Waals surface area contributed by atoms with Gasteiger partial charge in [-0.1, -0.05) is 0 Å². The molecule has 0 spiro atoms. The predicted molar refractivity (Wildman–Crippen MR) is 48.1 cm³/mol. The molecule has 1 aliphatic carbocycles. The summed E-state index contributed by atoms with van der Waals surface area (Å²) in [7, 11) is 0. The van der Waals surface area contributed by atoms with Gasteiger partial charge in [-0.3, -0.25) is 4.79 Å². The van der Waals surface area contributed by atoms with Crippen molar-refractivity contribution in [3.8, 4) is 0 Å². The van der Waals surface area contributed by atoms with Crippen molar-refractivity contribution in [3.05, 3.63) is 24.2 Å². The van der Waals surface area contributed by atoms with Crippen LogP contribution in [0.15, 0.2) is 23.0 Å². The van der Waals surface area contributed by atoms with Gasteiger partial charge in [0.05, 0.1) is 12.5 Å². The molecule has 1 aromatic heterocycles. The van der Waals surface area contributed by atoms with Crippen LogP contribution in [0.1, 0.15) is 18.4 Å². The first-order chi connectivity index (χ1) is 6.36. The molecular weight excluding hydrogens is 166 g/mol. The lowest BCUT2D eigenvalue weighted by molar-refractivity contribution is -0.122. The fourth-order valence-corrected chi connectivity index (χ4v) is 1.25. The van der Waals surface area contributed by atoms with Gasteiger partial charge in [0, 0.05) is 12.5 Å². The average molecular weight is 179 g/mol. The van der Waals surface area contributed by atoms with Crippen LogP contribution < -0.4 is 5.32 Å². The van der Waals surface area contributed by atoms with Gasteiger partial charge < -0.3 is 9.73 Å². The Balaban J connectivity index is 1.66. The summed E-state index contributed by atoms with van der Waals surface area (Å²) in [5.41, 5.74) is 1.14. The zero-order chi connectivity index (χ0) is 9.10. The van der Waals surface area contributed by atoms with Crippen molar-refractivity contribution in [1.29, 1.82) is 0 Å². The summed E-state index contributed by atoms with van der Waals surface area (Å²) in [5, 5.41) is 2.90. The Kier molecular flexibility index (Phi) is 2.34. The number of hydrogen-bond acceptors (Lipinski definition) is 2. The Morgan fingerprint density at radius 2 is 2.46 bits per heavy atom. The van der Waals surface area contributed by atoms with Crippen molar-refractivity contribution in [1.82, 2.24) is 5.32 Å². The monoisotopic (exact) mass is 179 g/mol. The lowest BCUT2D eigenvalue weighted by Gasteiger charge is -2.01. The van der Waals surface area contributed by atoms with Crippen molar-refractivity contribution < 1.29 is 9.21 Å². The van der Waals surface area contributed by atoms with E-state index in [4.69, 9.17) is 4.42 Å². The van der Waals surface area contributed by atoms with Crippen LogP contribution in [0, 0.1) is 5.92 Å². The van der Waals surface area contributed by atoms with Crippen LogP contribution in [-0.4, -0.2) is 12.5 Å². The first-order valence-electron chi connectivity index (χ1n) is 4.65. The molecule has 0 radical (unpaired) electrons. The highest BCUT2D eigenvalue weighted by molar-refractivity contribution is 5.80. The van der Waals surface area contributed by atoms with Gasteiger partial charge in [-0.05, 0) is 30.9 Å². The zero-order valence-corrected chi connectivity index (χ0v) is 7.45. The van der Waals surface area contributed by atoms with Gasteiger partial charge in [0.2, 0.25) is 5.91 Å². The van der Waals surface area contributed by atoms with E-state index in [1.54, 1.807) is 12.5 Å². The van der Waals surface area contributed by atoms with Gasteiger partial charge in [0.1, 0.15) is 0 Å². The third-order valence-corrected chi connectivity index (χ3v) is 2.24. The van der Waals surface area contributed by atoms with Crippen LogP contribution >= 0.6 is 0 Å². The Morgan fingerprint density at radius 1 is 1.62 bits per heavy atom. The molecule has 70 valence electrons. The number of furan rings is 1. The van der Waals surface area contributed by atoms with Gasteiger partial charge in [-0.15, -0.1) is 0 Å². The largest absolute Gasteiger partial charge is 0.472 e. The third-order valence-electron chi connectivity index (χ3n) is 2.24. The summed E-state index contributed by atoms with van der Waals surface area (Å²) in [6, 6.07) is 1.92. The first-order valence-corrected chi connectivity index (χ1v) is 4.65. The lowest BCUT2D eigenvalue weighted by atomic mass is 10.2. The number of nitrogens with one attached hydrogen (secondary N) is 1. The number of carbonyl (C=O) groups excluding carboxylic acids is 1. The minimum absolute atomic E-state index is 0.212. The topological polar surface area (TPSA) is 42.2 Å². The van der Waals surface area contributed by atoms with E-state index in [1.807, 2.05) is 6.07 Å². The van der Waals surface area contributed by atoms with Crippen molar-refractivity contribution in [2.75, 3.05) is 6.54 Å². The SMILES string of the molecule is O=C(NCCc1ccoc1)C1CC1. The molecule has 1 heterocycles. The van der Waals surface area contributed by atoms with E-state index < -0.39 is 0 Å². The quantitative estimate of drug-likeness (QED) is 0.758. The molecule has 0 bridgehead atoms. The van der Waals surface area contributed by atoms with E-state index in [-0.39, 0.29) is 5.91 Å². The van der Waals surface area contributed by atoms with E-state index >= 15 is 0 Å². The van der Waals surface area contributed by atoms with Crippen LogP contribution in [0.5, 0.6) is 0 Å². The number of hydrogen-bond donors (Lipinski definition) is 1. The van der Waals surface area contributed by atoms with E-state index in [2.05, 4.69) is 5.32 Å². The molecule has 3 nitrogen and oxygen atoms in total. The van der Waals surface area contributed by atoms with Crippen LogP contribution in [0.4, 0.5) is 0 Å². The standard InChI is InChI=1S/C10H13NO2/c12-10(9-1-2-9)11-5-3-8-4-6-13-7-8/h4,6-7,9H,1-3,5H2,(H,11,12). The second kappa shape index (κ2) is 3.64. The second-order valence-electron chi connectivity index (χ2n) is 3.45. The minimum atomic E-state index is 0.212. The Morgan fingerprint density at radius 3 is 3.08 bits per heavy atom. The Hall–Kier alpha value is -1.25. The minimum Gasteiger partial charge on any atom is -0.472 e. The number of rotatable bonds is 4. The Bertz CT molecular complexity index is 275. The van der Waals surface area contributed by atoms with Crippen molar-refractivity contribution in [2.24, 2.45) is 5.92 Å². The Labute approximate surface area is 77.1 Å². The van der Waals surface area contributed by atoms with Gasteiger partial charge in [0.25, 0.3) is 0 Å². The fourth-order valence-electron chi connectivity index (χ4n) is 1.25. The maximum absolute atomic E-state index is 11.2. The molecule has 2 rings (SSSR count). The number of amides is 1. The van der Waals surface area contributed by atoms with Gasteiger partial charge in [-0.2, -0.15) is 0 Å². The van der Waals surface area contributed by atoms with E-state index in [0.717, 1.165) is 31.4 Å². The number of carbonyl (C=O) groups is 1. The van der Waals surface area contributed by atoms with Crippen LogP contribution in [0.2, 0.25) is 0 Å². The van der Waals surface area contributed by atoms with E-state index in [9.17, 15) is 4.79 Å². The summed E-state index contributed by atoms with van der Waals surface area (Å²) in [6.45, 7) is 0.717. The maximum Gasteiger partial charge on any atom is 0.223 e.